The second kappa shape index (κ2) is 6.44. The van der Waals surface area contributed by atoms with Crippen LogP contribution in [0.5, 0.6) is 0 Å². The van der Waals surface area contributed by atoms with E-state index in [9.17, 15) is 0 Å². The lowest BCUT2D eigenvalue weighted by molar-refractivity contribution is -0.0469. The molecule has 1 aromatic rings. The second-order valence-corrected chi connectivity index (χ2v) is 6.35. The van der Waals surface area contributed by atoms with Gasteiger partial charge in [0.15, 0.2) is 0 Å². The van der Waals surface area contributed by atoms with Gasteiger partial charge in [0.2, 0.25) is 11.7 Å². The molecular formula is C16H27N3O2. The molecule has 1 aromatic heterocycles. The third kappa shape index (κ3) is 3.29. The zero-order chi connectivity index (χ0) is 14.7. The van der Waals surface area contributed by atoms with Crippen LogP contribution in [0.25, 0.3) is 0 Å². The monoisotopic (exact) mass is 293 g/mol. The molecule has 2 fully saturated rings. The first-order valence-electron chi connectivity index (χ1n) is 8.48. The molecule has 2 aliphatic rings. The highest BCUT2D eigenvalue weighted by atomic mass is 16.5. The number of rotatable bonds is 8. The summed E-state index contributed by atoms with van der Waals surface area (Å²) in [5, 5.41) is 7.79. The number of likely N-dealkylation sites (N-methyl/N-ethyl adjacent to an activating group) is 1. The van der Waals surface area contributed by atoms with E-state index >= 15 is 0 Å². The molecular weight excluding hydrogens is 266 g/mol. The van der Waals surface area contributed by atoms with Crippen molar-refractivity contribution in [3.8, 4) is 0 Å². The molecule has 2 saturated carbocycles. The lowest BCUT2D eigenvalue weighted by atomic mass is 10.0. The summed E-state index contributed by atoms with van der Waals surface area (Å²) in [7, 11) is 0. The van der Waals surface area contributed by atoms with E-state index in [0.717, 1.165) is 43.4 Å². The first kappa shape index (κ1) is 15.0. The molecule has 1 heterocycles. The van der Waals surface area contributed by atoms with Crippen molar-refractivity contribution in [1.29, 1.82) is 0 Å². The highest BCUT2D eigenvalue weighted by molar-refractivity contribution is 5.05. The number of hydrogen-bond acceptors (Lipinski definition) is 5. The molecule has 1 unspecified atom stereocenters. The Labute approximate surface area is 126 Å². The second-order valence-electron chi connectivity index (χ2n) is 6.35. The van der Waals surface area contributed by atoms with E-state index in [4.69, 9.17) is 9.26 Å². The minimum absolute atomic E-state index is 0.288. The summed E-state index contributed by atoms with van der Waals surface area (Å²) >= 11 is 0. The van der Waals surface area contributed by atoms with Crippen LogP contribution in [0.3, 0.4) is 0 Å². The fourth-order valence-electron chi connectivity index (χ4n) is 3.53. The molecule has 5 heteroatoms. The predicted molar refractivity (Wildman–Crippen MR) is 80.0 cm³/mol. The van der Waals surface area contributed by atoms with E-state index in [0.29, 0.717) is 12.6 Å². The number of nitrogens with zero attached hydrogens (tertiary/aromatic N) is 2. The molecule has 2 aliphatic carbocycles. The van der Waals surface area contributed by atoms with Crippen molar-refractivity contribution in [3.05, 3.63) is 11.7 Å². The van der Waals surface area contributed by atoms with Gasteiger partial charge in [0.05, 0.1) is 0 Å². The molecule has 0 bridgehead atoms. The maximum Gasteiger partial charge on any atom is 0.228 e. The molecule has 0 spiro atoms. The highest BCUT2D eigenvalue weighted by Gasteiger charge is 2.41. The van der Waals surface area contributed by atoms with Gasteiger partial charge >= 0.3 is 0 Å². The lowest BCUT2D eigenvalue weighted by Crippen LogP contribution is -2.33. The molecule has 0 aliphatic heterocycles. The van der Waals surface area contributed by atoms with Gasteiger partial charge < -0.3 is 14.6 Å². The Morgan fingerprint density at radius 3 is 2.71 bits per heavy atom. The van der Waals surface area contributed by atoms with E-state index in [1.165, 1.54) is 25.7 Å². The fourth-order valence-corrected chi connectivity index (χ4v) is 3.53. The zero-order valence-electron chi connectivity index (χ0n) is 13.2. The van der Waals surface area contributed by atoms with E-state index in [-0.39, 0.29) is 5.60 Å². The van der Waals surface area contributed by atoms with Crippen molar-refractivity contribution < 1.29 is 9.26 Å². The summed E-state index contributed by atoms with van der Waals surface area (Å²) in [6.07, 6.45) is 7.88. The average molecular weight is 293 g/mol. The predicted octanol–water partition coefficient (Wildman–Crippen LogP) is 2.81. The fraction of sp³-hybridized carbons (Fsp3) is 0.875. The lowest BCUT2D eigenvalue weighted by Gasteiger charge is -2.24. The van der Waals surface area contributed by atoms with Crippen LogP contribution in [0.2, 0.25) is 0 Å². The van der Waals surface area contributed by atoms with Gasteiger partial charge in [-0.2, -0.15) is 4.98 Å². The van der Waals surface area contributed by atoms with E-state index in [1.807, 2.05) is 6.92 Å². The van der Waals surface area contributed by atoms with E-state index < -0.39 is 0 Å². The van der Waals surface area contributed by atoms with Crippen LogP contribution < -0.4 is 5.32 Å². The van der Waals surface area contributed by atoms with Gasteiger partial charge in [0.1, 0.15) is 5.60 Å². The molecule has 1 atom stereocenters. The molecule has 0 amide bonds. The molecule has 21 heavy (non-hydrogen) atoms. The van der Waals surface area contributed by atoms with E-state index in [1.54, 1.807) is 0 Å². The Kier molecular flexibility index (Phi) is 4.60. The Hall–Kier alpha value is -0.940. The number of aromatic nitrogens is 2. The van der Waals surface area contributed by atoms with Crippen molar-refractivity contribution in [2.75, 3.05) is 13.2 Å². The van der Waals surface area contributed by atoms with Gasteiger partial charge in [-0.15, -0.1) is 0 Å². The van der Waals surface area contributed by atoms with Crippen molar-refractivity contribution in [2.24, 2.45) is 5.92 Å². The van der Waals surface area contributed by atoms with Gasteiger partial charge in [-0.25, -0.2) is 0 Å². The quantitative estimate of drug-likeness (QED) is 0.798. The topological polar surface area (TPSA) is 60.2 Å². The van der Waals surface area contributed by atoms with Crippen molar-refractivity contribution in [1.82, 2.24) is 15.5 Å². The summed E-state index contributed by atoms with van der Waals surface area (Å²) in [6, 6.07) is 0.481. The van der Waals surface area contributed by atoms with Gasteiger partial charge in [-0.1, -0.05) is 12.1 Å². The Morgan fingerprint density at radius 1 is 1.33 bits per heavy atom. The van der Waals surface area contributed by atoms with Crippen molar-refractivity contribution in [3.63, 3.8) is 0 Å². The summed E-state index contributed by atoms with van der Waals surface area (Å²) in [4.78, 5) is 4.67. The number of nitrogens with one attached hydrogen (secondary N) is 1. The van der Waals surface area contributed by atoms with Crippen molar-refractivity contribution in [2.45, 2.75) is 70.4 Å². The molecule has 3 rings (SSSR count). The zero-order valence-corrected chi connectivity index (χ0v) is 13.2. The molecule has 1 N–H and O–H groups in total. The molecule has 118 valence electrons. The largest absolute Gasteiger partial charge is 0.367 e. The Bertz CT molecular complexity index is 450. The standard InChI is InChI=1S/C16H27N3O2/c1-3-17-13(12-7-8-12)11-14-18-15(19-21-14)16(20-4-2)9-5-6-10-16/h12-13,17H,3-11H2,1-2H3. The number of ether oxygens (including phenoxy) is 1. The minimum atomic E-state index is -0.288. The Morgan fingerprint density at radius 2 is 2.10 bits per heavy atom. The normalized spacial score (nSPS) is 22.6. The third-order valence-electron chi connectivity index (χ3n) is 4.76. The van der Waals surface area contributed by atoms with Gasteiger partial charge in [0.25, 0.3) is 0 Å². The van der Waals surface area contributed by atoms with Crippen LogP contribution in [0, 0.1) is 5.92 Å². The van der Waals surface area contributed by atoms with Crippen molar-refractivity contribution >= 4 is 0 Å². The molecule has 0 saturated heterocycles. The summed E-state index contributed by atoms with van der Waals surface area (Å²) in [5.41, 5.74) is -0.288. The van der Waals surface area contributed by atoms with Crippen LogP contribution in [-0.2, 0) is 16.8 Å². The average Bonchev–Trinajstić information content (AvgIpc) is 3.02. The summed E-state index contributed by atoms with van der Waals surface area (Å²) < 4.78 is 11.5. The molecule has 5 nitrogen and oxygen atoms in total. The minimum Gasteiger partial charge on any atom is -0.367 e. The first-order valence-corrected chi connectivity index (χ1v) is 8.48. The maximum absolute atomic E-state index is 6.00. The summed E-state index contributed by atoms with van der Waals surface area (Å²) in [6.45, 7) is 5.88. The number of hydrogen-bond donors (Lipinski definition) is 1. The van der Waals surface area contributed by atoms with Crippen LogP contribution in [0.1, 0.15) is 64.1 Å². The SMILES string of the molecule is CCNC(Cc1nc(C2(OCC)CCCC2)no1)C1CC1. The van der Waals surface area contributed by atoms with Gasteiger partial charge in [-0.05, 0) is 57.9 Å². The van der Waals surface area contributed by atoms with Crippen LogP contribution in [0.4, 0.5) is 0 Å². The maximum atomic E-state index is 6.00. The first-order chi connectivity index (χ1) is 10.3. The third-order valence-corrected chi connectivity index (χ3v) is 4.76. The smallest absolute Gasteiger partial charge is 0.228 e. The van der Waals surface area contributed by atoms with Crippen LogP contribution >= 0.6 is 0 Å². The van der Waals surface area contributed by atoms with E-state index in [2.05, 4.69) is 22.4 Å². The molecule has 0 aromatic carbocycles. The Balaban J connectivity index is 1.69. The highest BCUT2D eigenvalue weighted by Crippen LogP contribution is 2.41. The summed E-state index contributed by atoms with van der Waals surface area (Å²) in [5.74, 6) is 2.31. The van der Waals surface area contributed by atoms with Crippen LogP contribution in [0.15, 0.2) is 4.52 Å². The van der Waals surface area contributed by atoms with Gasteiger partial charge in [0, 0.05) is 19.1 Å². The van der Waals surface area contributed by atoms with Crippen LogP contribution in [-0.4, -0.2) is 29.3 Å². The molecule has 0 radical (unpaired) electrons. The van der Waals surface area contributed by atoms with Gasteiger partial charge in [-0.3, -0.25) is 0 Å².